The van der Waals surface area contributed by atoms with Crippen LogP contribution in [0.3, 0.4) is 0 Å². The fraction of sp³-hybridized carbons (Fsp3) is 0.250. The summed E-state index contributed by atoms with van der Waals surface area (Å²) in [4.78, 5) is 4.04. The number of hydrogen-bond donors (Lipinski definition) is 0. The SMILES string of the molecule is Cc1nc2cnn(C)c2cc1F. The summed E-state index contributed by atoms with van der Waals surface area (Å²) < 4.78 is 14.6. The molecule has 0 aliphatic carbocycles. The standard InChI is InChI=1S/C8H8FN3/c1-5-6(9)3-8-7(11-5)4-10-12(8)2/h3-4H,1-2H3. The third-order valence-corrected chi connectivity index (χ3v) is 1.86. The van der Waals surface area contributed by atoms with Crippen molar-refractivity contribution in [3.8, 4) is 0 Å². The third-order valence-electron chi connectivity index (χ3n) is 1.86. The van der Waals surface area contributed by atoms with E-state index in [-0.39, 0.29) is 5.82 Å². The van der Waals surface area contributed by atoms with Gasteiger partial charge in [0.2, 0.25) is 0 Å². The Kier molecular flexibility index (Phi) is 1.36. The van der Waals surface area contributed by atoms with Crippen molar-refractivity contribution in [1.29, 1.82) is 0 Å². The van der Waals surface area contributed by atoms with E-state index in [4.69, 9.17) is 0 Å². The number of hydrogen-bond acceptors (Lipinski definition) is 2. The molecule has 62 valence electrons. The van der Waals surface area contributed by atoms with Crippen LogP contribution in [0.1, 0.15) is 5.69 Å². The van der Waals surface area contributed by atoms with Crippen LogP contribution in [0, 0.1) is 12.7 Å². The van der Waals surface area contributed by atoms with Gasteiger partial charge >= 0.3 is 0 Å². The molecule has 4 heteroatoms. The fourth-order valence-corrected chi connectivity index (χ4v) is 1.15. The summed E-state index contributed by atoms with van der Waals surface area (Å²) in [5.41, 5.74) is 1.87. The van der Waals surface area contributed by atoms with Gasteiger partial charge in [0, 0.05) is 13.1 Å². The quantitative estimate of drug-likeness (QED) is 0.591. The number of aryl methyl sites for hydroxylation is 2. The minimum Gasteiger partial charge on any atom is -0.266 e. The summed E-state index contributed by atoms with van der Waals surface area (Å²) in [6.07, 6.45) is 1.63. The van der Waals surface area contributed by atoms with Gasteiger partial charge in [-0.25, -0.2) is 9.37 Å². The first-order valence-corrected chi connectivity index (χ1v) is 3.63. The largest absolute Gasteiger partial charge is 0.266 e. The predicted octanol–water partition coefficient (Wildman–Crippen LogP) is 1.42. The summed E-state index contributed by atoms with van der Waals surface area (Å²) in [7, 11) is 1.76. The number of rotatable bonds is 0. The highest BCUT2D eigenvalue weighted by Gasteiger charge is 2.04. The van der Waals surface area contributed by atoms with Crippen LogP contribution in [0.4, 0.5) is 4.39 Å². The Balaban J connectivity index is 2.87. The van der Waals surface area contributed by atoms with Gasteiger partial charge in [-0.3, -0.25) is 4.68 Å². The average Bonchev–Trinajstić information content (AvgIpc) is 2.35. The Hall–Kier alpha value is -1.45. The Morgan fingerprint density at radius 1 is 1.50 bits per heavy atom. The maximum absolute atomic E-state index is 13.0. The first kappa shape index (κ1) is 7.21. The van der Waals surface area contributed by atoms with E-state index in [0.29, 0.717) is 5.69 Å². The smallest absolute Gasteiger partial charge is 0.146 e. The molecule has 0 fully saturated rings. The number of fused-ring (bicyclic) bond motifs is 1. The summed E-state index contributed by atoms with van der Waals surface area (Å²) in [5.74, 6) is -0.286. The molecule has 0 bridgehead atoms. The molecule has 0 spiro atoms. The van der Waals surface area contributed by atoms with Gasteiger partial charge in [-0.1, -0.05) is 0 Å². The zero-order valence-corrected chi connectivity index (χ0v) is 6.87. The lowest BCUT2D eigenvalue weighted by Gasteiger charge is -1.96. The summed E-state index contributed by atoms with van der Waals surface area (Å²) in [5, 5.41) is 3.97. The number of halogens is 1. The van der Waals surface area contributed by atoms with E-state index in [0.717, 1.165) is 11.0 Å². The zero-order valence-electron chi connectivity index (χ0n) is 6.87. The van der Waals surface area contributed by atoms with Crippen molar-refractivity contribution in [2.75, 3.05) is 0 Å². The predicted molar refractivity (Wildman–Crippen MR) is 43.2 cm³/mol. The van der Waals surface area contributed by atoms with Crippen molar-refractivity contribution in [3.05, 3.63) is 23.8 Å². The number of pyridine rings is 1. The normalized spacial score (nSPS) is 10.9. The van der Waals surface area contributed by atoms with E-state index >= 15 is 0 Å². The molecule has 2 aromatic rings. The van der Waals surface area contributed by atoms with Gasteiger partial charge in [0.15, 0.2) is 0 Å². The molecule has 0 saturated carbocycles. The molecule has 0 saturated heterocycles. The van der Waals surface area contributed by atoms with Gasteiger partial charge in [-0.2, -0.15) is 5.10 Å². The molecule has 0 aliphatic rings. The van der Waals surface area contributed by atoms with Gasteiger partial charge in [0.25, 0.3) is 0 Å². The highest BCUT2D eigenvalue weighted by atomic mass is 19.1. The highest BCUT2D eigenvalue weighted by molar-refractivity contribution is 5.74. The summed E-state index contributed by atoms with van der Waals surface area (Å²) in [6, 6.07) is 1.45. The molecule has 0 radical (unpaired) electrons. The Morgan fingerprint density at radius 3 is 3.00 bits per heavy atom. The van der Waals surface area contributed by atoms with Crippen molar-refractivity contribution in [1.82, 2.24) is 14.8 Å². The van der Waals surface area contributed by atoms with Crippen molar-refractivity contribution >= 4 is 11.0 Å². The summed E-state index contributed by atoms with van der Waals surface area (Å²) >= 11 is 0. The van der Waals surface area contributed by atoms with Crippen LogP contribution < -0.4 is 0 Å². The van der Waals surface area contributed by atoms with E-state index < -0.39 is 0 Å². The molecule has 0 unspecified atom stereocenters. The van der Waals surface area contributed by atoms with E-state index in [9.17, 15) is 4.39 Å². The molecule has 2 heterocycles. The van der Waals surface area contributed by atoms with Crippen LogP contribution in [-0.2, 0) is 7.05 Å². The Bertz CT molecular complexity index is 433. The van der Waals surface area contributed by atoms with Crippen LogP contribution in [0.2, 0.25) is 0 Å². The molecule has 3 nitrogen and oxygen atoms in total. The van der Waals surface area contributed by atoms with E-state index in [1.54, 1.807) is 24.9 Å². The lowest BCUT2D eigenvalue weighted by molar-refractivity contribution is 0.611. The van der Waals surface area contributed by atoms with E-state index in [1.165, 1.54) is 6.07 Å². The first-order chi connectivity index (χ1) is 5.68. The molecular weight excluding hydrogens is 157 g/mol. The molecule has 0 N–H and O–H groups in total. The lowest BCUT2D eigenvalue weighted by atomic mass is 10.3. The van der Waals surface area contributed by atoms with Crippen LogP contribution in [-0.4, -0.2) is 14.8 Å². The molecule has 2 rings (SSSR count). The van der Waals surface area contributed by atoms with E-state index in [2.05, 4.69) is 10.1 Å². The molecule has 0 aromatic carbocycles. The van der Waals surface area contributed by atoms with Crippen LogP contribution in [0.15, 0.2) is 12.3 Å². The minimum atomic E-state index is -0.286. The van der Waals surface area contributed by atoms with E-state index in [1.807, 2.05) is 0 Å². The summed E-state index contributed by atoms with van der Waals surface area (Å²) in [6.45, 7) is 1.64. The third kappa shape index (κ3) is 0.879. The zero-order chi connectivity index (χ0) is 8.72. The Labute approximate surface area is 68.8 Å². The van der Waals surface area contributed by atoms with Gasteiger partial charge in [0.05, 0.1) is 17.4 Å². The molecule has 0 amide bonds. The maximum Gasteiger partial charge on any atom is 0.146 e. The second kappa shape index (κ2) is 2.27. The van der Waals surface area contributed by atoms with Crippen molar-refractivity contribution < 1.29 is 4.39 Å². The van der Waals surface area contributed by atoms with Gasteiger partial charge in [-0.05, 0) is 6.92 Å². The number of nitrogens with zero attached hydrogens (tertiary/aromatic N) is 3. The van der Waals surface area contributed by atoms with Crippen molar-refractivity contribution in [2.45, 2.75) is 6.92 Å². The van der Waals surface area contributed by atoms with Crippen molar-refractivity contribution in [3.63, 3.8) is 0 Å². The van der Waals surface area contributed by atoms with Gasteiger partial charge < -0.3 is 0 Å². The van der Waals surface area contributed by atoms with Gasteiger partial charge in [-0.15, -0.1) is 0 Å². The lowest BCUT2D eigenvalue weighted by Crippen LogP contribution is -1.92. The molecule has 2 aromatic heterocycles. The topological polar surface area (TPSA) is 30.7 Å². The maximum atomic E-state index is 13.0. The first-order valence-electron chi connectivity index (χ1n) is 3.63. The highest BCUT2D eigenvalue weighted by Crippen LogP contribution is 2.13. The monoisotopic (exact) mass is 165 g/mol. The molecule has 0 aliphatic heterocycles. The number of aromatic nitrogens is 3. The van der Waals surface area contributed by atoms with Gasteiger partial charge in [0.1, 0.15) is 11.3 Å². The molecule has 0 atom stereocenters. The molecular formula is C8H8FN3. The van der Waals surface area contributed by atoms with Crippen LogP contribution in [0.25, 0.3) is 11.0 Å². The fourth-order valence-electron chi connectivity index (χ4n) is 1.15. The van der Waals surface area contributed by atoms with Crippen molar-refractivity contribution in [2.24, 2.45) is 7.05 Å². The second-order valence-corrected chi connectivity index (χ2v) is 2.73. The average molecular weight is 165 g/mol. The second-order valence-electron chi connectivity index (χ2n) is 2.73. The Morgan fingerprint density at radius 2 is 2.25 bits per heavy atom. The van der Waals surface area contributed by atoms with Crippen LogP contribution in [0.5, 0.6) is 0 Å². The van der Waals surface area contributed by atoms with Crippen LogP contribution >= 0.6 is 0 Å². The minimum absolute atomic E-state index is 0.286. The molecule has 12 heavy (non-hydrogen) atoms.